The highest BCUT2D eigenvalue weighted by molar-refractivity contribution is 7.21. The minimum Gasteiger partial charge on any atom is -0.477 e. The highest BCUT2D eigenvalue weighted by Crippen LogP contribution is 2.35. The largest absolute Gasteiger partial charge is 0.477 e. The van der Waals surface area contributed by atoms with Gasteiger partial charge in [0.2, 0.25) is 0 Å². The van der Waals surface area contributed by atoms with Crippen LogP contribution in [0.3, 0.4) is 0 Å². The fourth-order valence-electron chi connectivity index (χ4n) is 2.05. The number of rotatable bonds is 5. The molecule has 0 aliphatic heterocycles. The lowest BCUT2D eigenvalue weighted by Crippen LogP contribution is -2.21. The van der Waals surface area contributed by atoms with Gasteiger partial charge in [0.05, 0.1) is 5.02 Å². The molecule has 5 heteroatoms. The number of thiophene rings is 1. The molecular weight excluding hydrogens is 282 g/mol. The van der Waals surface area contributed by atoms with Crippen molar-refractivity contribution in [3.8, 4) is 0 Å². The Labute approximate surface area is 121 Å². The van der Waals surface area contributed by atoms with Gasteiger partial charge in [0, 0.05) is 16.6 Å². The minimum atomic E-state index is -0.962. The van der Waals surface area contributed by atoms with Crippen LogP contribution in [0.5, 0.6) is 0 Å². The van der Waals surface area contributed by atoms with Crippen LogP contribution in [-0.2, 0) is 6.54 Å². The lowest BCUT2D eigenvalue weighted by Gasteiger charge is -2.17. The number of carboxylic acid groups (broad SMARTS) is 1. The summed E-state index contributed by atoms with van der Waals surface area (Å²) < 4.78 is 0.937. The van der Waals surface area contributed by atoms with Gasteiger partial charge in [0.15, 0.2) is 0 Å². The second-order valence-electron chi connectivity index (χ2n) is 4.34. The summed E-state index contributed by atoms with van der Waals surface area (Å²) in [4.78, 5) is 13.6. The van der Waals surface area contributed by atoms with Crippen LogP contribution in [0.4, 0.5) is 0 Å². The molecule has 0 aliphatic rings. The molecule has 0 saturated carbocycles. The van der Waals surface area contributed by atoms with Crippen molar-refractivity contribution in [3.63, 3.8) is 0 Å². The first-order valence-corrected chi connectivity index (χ1v) is 7.42. The third kappa shape index (κ3) is 2.91. The fourth-order valence-corrected chi connectivity index (χ4v) is 3.47. The van der Waals surface area contributed by atoms with Crippen molar-refractivity contribution in [1.29, 1.82) is 0 Å². The van der Waals surface area contributed by atoms with E-state index in [1.807, 2.05) is 18.2 Å². The quantitative estimate of drug-likeness (QED) is 0.903. The van der Waals surface area contributed by atoms with Gasteiger partial charge in [-0.1, -0.05) is 37.6 Å². The number of fused-ring (bicyclic) bond motifs is 1. The number of carbonyl (C=O) groups is 1. The number of nitrogens with zero attached hydrogens (tertiary/aromatic N) is 1. The first-order valence-electron chi connectivity index (χ1n) is 6.23. The molecule has 0 amide bonds. The van der Waals surface area contributed by atoms with Gasteiger partial charge in [0.1, 0.15) is 4.88 Å². The predicted octanol–water partition coefficient (Wildman–Crippen LogP) is 4.09. The van der Waals surface area contributed by atoms with Crippen molar-refractivity contribution in [1.82, 2.24) is 4.90 Å². The Balaban J connectivity index is 2.38. The summed E-state index contributed by atoms with van der Waals surface area (Å²) in [5.74, 6) is -0.962. The number of halogens is 1. The third-order valence-corrected chi connectivity index (χ3v) is 4.83. The molecule has 0 fully saturated rings. The Bertz CT molecular complexity index is 605. The maximum Gasteiger partial charge on any atom is 0.347 e. The monoisotopic (exact) mass is 297 g/mol. The molecule has 1 N–H and O–H groups in total. The lowest BCUT2D eigenvalue weighted by atomic mass is 10.1. The Morgan fingerprint density at radius 2 is 2.05 bits per heavy atom. The molecule has 0 spiro atoms. The fraction of sp³-hybridized carbons (Fsp3) is 0.357. The van der Waals surface area contributed by atoms with Gasteiger partial charge in [-0.15, -0.1) is 11.3 Å². The van der Waals surface area contributed by atoms with Gasteiger partial charge < -0.3 is 5.11 Å². The summed E-state index contributed by atoms with van der Waals surface area (Å²) >= 11 is 7.32. The summed E-state index contributed by atoms with van der Waals surface area (Å²) in [6, 6.07) is 5.97. The Kier molecular flexibility index (Phi) is 4.45. The van der Waals surface area contributed by atoms with E-state index in [9.17, 15) is 4.79 Å². The highest BCUT2D eigenvalue weighted by Gasteiger charge is 2.16. The third-order valence-electron chi connectivity index (χ3n) is 3.19. The van der Waals surface area contributed by atoms with E-state index in [4.69, 9.17) is 16.7 Å². The van der Waals surface area contributed by atoms with Gasteiger partial charge in [-0.05, 0) is 24.7 Å². The van der Waals surface area contributed by atoms with Crippen LogP contribution in [0.25, 0.3) is 10.1 Å². The Hall–Kier alpha value is -1.10. The standard InChI is InChI=1S/C14H16ClNO2S/c1-3-16(4-2)8-9-5-6-10-11(7-9)19-13(12(10)15)14(17)18/h5-7H,3-4,8H2,1-2H3,(H,17,18). The molecule has 0 unspecified atom stereocenters. The van der Waals surface area contributed by atoms with Gasteiger partial charge >= 0.3 is 5.97 Å². The summed E-state index contributed by atoms with van der Waals surface area (Å²) in [7, 11) is 0. The first kappa shape index (κ1) is 14.3. The molecule has 0 saturated heterocycles. The average Bonchev–Trinajstić information content (AvgIpc) is 2.73. The molecule has 0 atom stereocenters. The van der Waals surface area contributed by atoms with Crippen LogP contribution >= 0.6 is 22.9 Å². The predicted molar refractivity (Wildman–Crippen MR) is 80.4 cm³/mol. The molecule has 1 aromatic carbocycles. The van der Waals surface area contributed by atoms with Crippen molar-refractivity contribution >= 4 is 39.0 Å². The molecule has 0 aliphatic carbocycles. The molecule has 1 heterocycles. The number of carboxylic acids is 1. The maximum atomic E-state index is 11.1. The smallest absolute Gasteiger partial charge is 0.347 e. The number of hydrogen-bond donors (Lipinski definition) is 1. The van der Waals surface area contributed by atoms with Crippen LogP contribution in [0.1, 0.15) is 29.1 Å². The van der Waals surface area contributed by atoms with Crippen molar-refractivity contribution in [2.24, 2.45) is 0 Å². The second kappa shape index (κ2) is 5.90. The van der Waals surface area contributed by atoms with E-state index in [1.165, 1.54) is 16.9 Å². The normalized spacial score (nSPS) is 11.4. The van der Waals surface area contributed by atoms with E-state index in [0.717, 1.165) is 29.7 Å². The van der Waals surface area contributed by atoms with E-state index < -0.39 is 5.97 Å². The van der Waals surface area contributed by atoms with Crippen molar-refractivity contribution in [2.45, 2.75) is 20.4 Å². The van der Waals surface area contributed by atoms with Crippen LogP contribution in [0, 0.1) is 0 Å². The van der Waals surface area contributed by atoms with Crippen LogP contribution < -0.4 is 0 Å². The first-order chi connectivity index (χ1) is 9.06. The van der Waals surface area contributed by atoms with Gasteiger partial charge in [-0.25, -0.2) is 4.79 Å². The summed E-state index contributed by atoms with van der Waals surface area (Å²) in [5.41, 5.74) is 1.19. The summed E-state index contributed by atoms with van der Waals surface area (Å²) in [6.45, 7) is 7.14. The molecule has 2 aromatic rings. The van der Waals surface area contributed by atoms with Crippen LogP contribution in [0.2, 0.25) is 5.02 Å². The number of benzene rings is 1. The van der Waals surface area contributed by atoms with Gasteiger partial charge in [-0.3, -0.25) is 4.90 Å². The molecule has 0 bridgehead atoms. The van der Waals surface area contributed by atoms with Gasteiger partial charge in [-0.2, -0.15) is 0 Å². The average molecular weight is 298 g/mol. The summed E-state index contributed by atoms with van der Waals surface area (Å²) in [5, 5.41) is 10.3. The van der Waals surface area contributed by atoms with E-state index in [-0.39, 0.29) is 4.88 Å². The maximum absolute atomic E-state index is 11.1. The highest BCUT2D eigenvalue weighted by atomic mass is 35.5. The van der Waals surface area contributed by atoms with Crippen LogP contribution in [-0.4, -0.2) is 29.1 Å². The molecule has 0 radical (unpaired) electrons. The molecule has 1 aromatic heterocycles. The SMILES string of the molecule is CCN(CC)Cc1ccc2c(Cl)c(C(=O)O)sc2c1. The molecule has 19 heavy (non-hydrogen) atoms. The zero-order chi connectivity index (χ0) is 14.0. The topological polar surface area (TPSA) is 40.5 Å². The zero-order valence-corrected chi connectivity index (χ0v) is 12.5. The molecule has 2 rings (SSSR count). The Morgan fingerprint density at radius 1 is 1.37 bits per heavy atom. The van der Waals surface area contributed by atoms with Crippen molar-refractivity contribution < 1.29 is 9.90 Å². The number of hydrogen-bond acceptors (Lipinski definition) is 3. The van der Waals surface area contributed by atoms with Crippen LogP contribution in [0.15, 0.2) is 18.2 Å². The zero-order valence-electron chi connectivity index (χ0n) is 10.9. The molecule has 3 nitrogen and oxygen atoms in total. The van der Waals surface area contributed by atoms with E-state index in [0.29, 0.717) is 5.02 Å². The summed E-state index contributed by atoms with van der Waals surface area (Å²) in [6.07, 6.45) is 0. The van der Waals surface area contributed by atoms with Crippen molar-refractivity contribution in [3.05, 3.63) is 33.7 Å². The van der Waals surface area contributed by atoms with E-state index in [2.05, 4.69) is 18.7 Å². The molecule has 102 valence electrons. The lowest BCUT2D eigenvalue weighted by molar-refractivity contribution is 0.0702. The Morgan fingerprint density at radius 3 is 2.63 bits per heavy atom. The number of aromatic carboxylic acids is 1. The van der Waals surface area contributed by atoms with E-state index >= 15 is 0 Å². The van der Waals surface area contributed by atoms with E-state index in [1.54, 1.807) is 0 Å². The van der Waals surface area contributed by atoms with Gasteiger partial charge in [0.25, 0.3) is 0 Å². The molecular formula is C14H16ClNO2S. The minimum absolute atomic E-state index is 0.219. The van der Waals surface area contributed by atoms with Crippen molar-refractivity contribution in [2.75, 3.05) is 13.1 Å². The second-order valence-corrected chi connectivity index (χ2v) is 5.77.